The first-order chi connectivity index (χ1) is 13.9. The van der Waals surface area contributed by atoms with Crippen LogP contribution in [-0.2, 0) is 26.4 Å². The van der Waals surface area contributed by atoms with Crippen molar-refractivity contribution in [3.05, 3.63) is 49.9 Å². The van der Waals surface area contributed by atoms with Gasteiger partial charge in [0.25, 0.3) is 5.56 Å². The molecular formula is C19H21ClN6O2S. The van der Waals surface area contributed by atoms with Gasteiger partial charge in [0.05, 0.1) is 16.8 Å². The molecule has 0 saturated carbocycles. The Kier molecular flexibility index (Phi) is 5.26. The lowest BCUT2D eigenvalue weighted by molar-refractivity contribution is 0.613. The number of halogens is 1. The number of aryl methyl sites for hydroxylation is 3. The van der Waals surface area contributed by atoms with Crippen LogP contribution >= 0.6 is 23.4 Å². The SMILES string of the molecule is CCCCn1c(=O)[nH]c(=O)c2c1nc(CSc1nc3cc(Cl)ccc3n1C)n2C. The van der Waals surface area contributed by atoms with Crippen LogP contribution in [0.1, 0.15) is 25.6 Å². The summed E-state index contributed by atoms with van der Waals surface area (Å²) >= 11 is 7.59. The zero-order valence-corrected chi connectivity index (χ0v) is 18.0. The fourth-order valence-corrected chi connectivity index (χ4v) is 4.49. The maximum absolute atomic E-state index is 12.4. The van der Waals surface area contributed by atoms with E-state index in [0.717, 1.165) is 29.0 Å². The van der Waals surface area contributed by atoms with Crippen LogP contribution in [0.25, 0.3) is 22.2 Å². The molecule has 4 rings (SSSR count). The predicted octanol–water partition coefficient (Wildman–Crippen LogP) is 3.06. The average molecular weight is 433 g/mol. The van der Waals surface area contributed by atoms with Crippen molar-refractivity contribution < 1.29 is 0 Å². The minimum Gasteiger partial charge on any atom is -0.325 e. The van der Waals surface area contributed by atoms with E-state index in [4.69, 9.17) is 11.6 Å². The molecule has 0 aliphatic heterocycles. The number of unbranched alkanes of at least 4 members (excludes halogenated alkanes) is 1. The van der Waals surface area contributed by atoms with Crippen molar-refractivity contribution in [2.45, 2.75) is 37.2 Å². The van der Waals surface area contributed by atoms with Gasteiger partial charge in [0, 0.05) is 25.7 Å². The summed E-state index contributed by atoms with van der Waals surface area (Å²) in [6, 6.07) is 5.62. The van der Waals surface area contributed by atoms with Crippen LogP contribution in [0.15, 0.2) is 32.9 Å². The van der Waals surface area contributed by atoms with Crippen LogP contribution in [0.2, 0.25) is 5.02 Å². The van der Waals surface area contributed by atoms with E-state index in [2.05, 4.69) is 21.9 Å². The average Bonchev–Trinajstić information content (AvgIpc) is 3.17. The van der Waals surface area contributed by atoms with Gasteiger partial charge in [-0.2, -0.15) is 0 Å². The van der Waals surface area contributed by atoms with E-state index in [1.165, 1.54) is 11.8 Å². The van der Waals surface area contributed by atoms with Gasteiger partial charge in [-0.3, -0.25) is 14.3 Å². The van der Waals surface area contributed by atoms with Gasteiger partial charge >= 0.3 is 5.69 Å². The van der Waals surface area contributed by atoms with E-state index in [1.54, 1.807) is 16.2 Å². The van der Waals surface area contributed by atoms with Crippen molar-refractivity contribution in [3.8, 4) is 0 Å². The third-order valence-electron chi connectivity index (χ3n) is 4.97. The molecule has 0 spiro atoms. The van der Waals surface area contributed by atoms with Gasteiger partial charge in [0.15, 0.2) is 16.3 Å². The molecule has 1 aromatic carbocycles. The Balaban J connectivity index is 1.71. The smallest absolute Gasteiger partial charge is 0.325 e. The molecule has 0 bridgehead atoms. The van der Waals surface area contributed by atoms with Crippen molar-refractivity contribution in [1.29, 1.82) is 0 Å². The summed E-state index contributed by atoms with van der Waals surface area (Å²) in [5.41, 5.74) is 1.83. The van der Waals surface area contributed by atoms with Crippen LogP contribution in [0.4, 0.5) is 0 Å². The molecule has 0 aliphatic carbocycles. The molecule has 3 aromatic heterocycles. The Morgan fingerprint density at radius 1 is 1.17 bits per heavy atom. The third-order valence-corrected chi connectivity index (χ3v) is 6.23. The summed E-state index contributed by atoms with van der Waals surface area (Å²) < 4.78 is 5.30. The van der Waals surface area contributed by atoms with Crippen molar-refractivity contribution in [1.82, 2.24) is 28.7 Å². The molecule has 4 aromatic rings. The molecule has 29 heavy (non-hydrogen) atoms. The fourth-order valence-electron chi connectivity index (χ4n) is 3.35. The highest BCUT2D eigenvalue weighted by Crippen LogP contribution is 2.27. The van der Waals surface area contributed by atoms with E-state index in [1.807, 2.05) is 29.8 Å². The summed E-state index contributed by atoms with van der Waals surface area (Å²) in [6.45, 7) is 2.58. The second-order valence-electron chi connectivity index (χ2n) is 6.90. The summed E-state index contributed by atoms with van der Waals surface area (Å²) in [5, 5.41) is 1.47. The Bertz CT molecular complexity index is 1330. The normalized spacial score (nSPS) is 11.7. The van der Waals surface area contributed by atoms with Crippen LogP contribution in [-0.4, -0.2) is 28.7 Å². The van der Waals surface area contributed by atoms with Gasteiger partial charge in [-0.25, -0.2) is 14.8 Å². The molecule has 0 atom stereocenters. The Morgan fingerprint density at radius 3 is 2.72 bits per heavy atom. The molecule has 0 unspecified atom stereocenters. The Labute approximate surface area is 175 Å². The highest BCUT2D eigenvalue weighted by Gasteiger charge is 2.17. The number of imidazole rings is 2. The van der Waals surface area contributed by atoms with Crippen molar-refractivity contribution >= 4 is 45.6 Å². The number of rotatable bonds is 6. The van der Waals surface area contributed by atoms with E-state index >= 15 is 0 Å². The zero-order chi connectivity index (χ0) is 20.7. The van der Waals surface area contributed by atoms with Gasteiger partial charge < -0.3 is 9.13 Å². The number of nitrogens with zero attached hydrogens (tertiary/aromatic N) is 5. The molecular weight excluding hydrogens is 412 g/mol. The first kappa shape index (κ1) is 19.8. The standard InChI is InChI=1S/C19H21ClN6O2S/c1-4-5-8-26-16-15(17(27)23-18(26)28)25(3)14(22-16)10-29-19-21-12-9-11(20)6-7-13(12)24(19)2/h6-7,9H,4-5,8,10H2,1-3H3,(H,23,27,28). The number of nitrogens with one attached hydrogen (secondary N) is 1. The van der Waals surface area contributed by atoms with Crippen molar-refractivity contribution in [3.63, 3.8) is 0 Å². The quantitative estimate of drug-likeness (QED) is 0.473. The van der Waals surface area contributed by atoms with E-state index < -0.39 is 11.2 Å². The van der Waals surface area contributed by atoms with E-state index in [9.17, 15) is 9.59 Å². The summed E-state index contributed by atoms with van der Waals surface area (Å²) in [7, 11) is 3.75. The second-order valence-corrected chi connectivity index (χ2v) is 8.28. The van der Waals surface area contributed by atoms with Gasteiger partial charge in [-0.05, 0) is 24.6 Å². The topological polar surface area (TPSA) is 90.5 Å². The van der Waals surface area contributed by atoms with Crippen LogP contribution in [0.3, 0.4) is 0 Å². The summed E-state index contributed by atoms with van der Waals surface area (Å²) in [6.07, 6.45) is 1.78. The molecule has 0 fully saturated rings. The first-order valence-electron chi connectivity index (χ1n) is 9.34. The second kappa shape index (κ2) is 7.72. The third kappa shape index (κ3) is 3.49. The number of benzene rings is 1. The zero-order valence-electron chi connectivity index (χ0n) is 16.4. The molecule has 10 heteroatoms. The highest BCUT2D eigenvalue weighted by molar-refractivity contribution is 7.98. The Morgan fingerprint density at radius 2 is 1.97 bits per heavy atom. The van der Waals surface area contributed by atoms with Crippen molar-refractivity contribution in [2.24, 2.45) is 14.1 Å². The Hall–Kier alpha value is -2.52. The van der Waals surface area contributed by atoms with E-state index in [0.29, 0.717) is 34.3 Å². The summed E-state index contributed by atoms with van der Waals surface area (Å²) in [5.74, 6) is 1.22. The maximum atomic E-state index is 12.4. The van der Waals surface area contributed by atoms with Gasteiger partial charge in [0.2, 0.25) is 0 Å². The minimum absolute atomic E-state index is 0.410. The maximum Gasteiger partial charge on any atom is 0.330 e. The number of H-pyrrole nitrogens is 1. The predicted molar refractivity (Wildman–Crippen MR) is 116 cm³/mol. The van der Waals surface area contributed by atoms with Gasteiger partial charge in [-0.1, -0.05) is 36.7 Å². The van der Waals surface area contributed by atoms with Crippen LogP contribution in [0, 0.1) is 0 Å². The van der Waals surface area contributed by atoms with Crippen LogP contribution < -0.4 is 11.2 Å². The molecule has 0 aliphatic rings. The molecule has 1 N–H and O–H groups in total. The van der Waals surface area contributed by atoms with Crippen LogP contribution in [0.5, 0.6) is 0 Å². The largest absolute Gasteiger partial charge is 0.330 e. The lowest BCUT2D eigenvalue weighted by Crippen LogP contribution is -2.31. The number of aromatic amines is 1. The lowest BCUT2D eigenvalue weighted by Gasteiger charge is -2.04. The minimum atomic E-state index is -0.416. The van der Waals surface area contributed by atoms with Gasteiger partial charge in [-0.15, -0.1) is 0 Å². The molecule has 8 nitrogen and oxygen atoms in total. The molecule has 3 heterocycles. The number of aromatic nitrogens is 6. The number of fused-ring (bicyclic) bond motifs is 2. The van der Waals surface area contributed by atoms with E-state index in [-0.39, 0.29) is 0 Å². The number of hydrogen-bond donors (Lipinski definition) is 1. The molecule has 0 amide bonds. The summed E-state index contributed by atoms with van der Waals surface area (Å²) in [4.78, 5) is 36.3. The molecule has 0 radical (unpaired) electrons. The number of hydrogen-bond acceptors (Lipinski definition) is 5. The van der Waals surface area contributed by atoms with Crippen molar-refractivity contribution in [2.75, 3.05) is 0 Å². The van der Waals surface area contributed by atoms with Gasteiger partial charge in [0.1, 0.15) is 5.82 Å². The highest BCUT2D eigenvalue weighted by atomic mass is 35.5. The lowest BCUT2D eigenvalue weighted by atomic mass is 10.3. The number of thioether (sulfide) groups is 1. The monoisotopic (exact) mass is 432 g/mol. The first-order valence-corrected chi connectivity index (χ1v) is 10.7. The molecule has 0 saturated heterocycles. The fraction of sp³-hybridized carbons (Fsp3) is 0.368. The molecule has 152 valence electrons.